The molecule has 1 aromatic carbocycles. The van der Waals surface area contributed by atoms with E-state index >= 15 is 0 Å². The van der Waals surface area contributed by atoms with Crippen molar-refractivity contribution in [3.8, 4) is 5.75 Å². The summed E-state index contributed by atoms with van der Waals surface area (Å²) in [6.45, 7) is 0. The summed E-state index contributed by atoms with van der Waals surface area (Å²) < 4.78 is -1.17. The van der Waals surface area contributed by atoms with Gasteiger partial charge >= 0.3 is 0 Å². The van der Waals surface area contributed by atoms with Gasteiger partial charge in [0.05, 0.1) is 5.56 Å². The Morgan fingerprint density at radius 1 is 1.30 bits per heavy atom. The van der Waals surface area contributed by atoms with E-state index in [9.17, 15) is 9.90 Å². The molecule has 20 heavy (non-hydrogen) atoms. The minimum atomic E-state index is -1.17. The molecular formula is C13H9Cl4NO2. The van der Waals surface area contributed by atoms with Crippen molar-refractivity contribution in [1.29, 1.82) is 0 Å². The van der Waals surface area contributed by atoms with Gasteiger partial charge in [-0.2, -0.15) is 0 Å². The number of phenolic OH excluding ortho intramolecular Hbond substituents is 1. The van der Waals surface area contributed by atoms with Crippen LogP contribution >= 0.6 is 46.4 Å². The maximum atomic E-state index is 12.1. The van der Waals surface area contributed by atoms with E-state index in [1.54, 1.807) is 6.08 Å². The Kier molecular flexibility index (Phi) is 4.55. The largest absolute Gasteiger partial charge is 0.507 e. The Bertz CT molecular complexity index is 623. The van der Waals surface area contributed by atoms with Gasteiger partial charge in [0.2, 0.25) is 0 Å². The van der Waals surface area contributed by atoms with Gasteiger partial charge in [-0.1, -0.05) is 46.4 Å². The Hall–Kier alpha value is -0.870. The Balaban J connectivity index is 2.18. The van der Waals surface area contributed by atoms with Gasteiger partial charge in [0.25, 0.3) is 5.91 Å². The molecule has 0 saturated heterocycles. The first-order valence-corrected chi connectivity index (χ1v) is 7.05. The van der Waals surface area contributed by atoms with Gasteiger partial charge in [-0.05, 0) is 30.4 Å². The number of rotatable bonds is 2. The SMILES string of the molecule is O=C(NC1=CC(Cl)=CC(Cl)(Cl)C1)c1ccc(Cl)cc1O. The molecule has 2 N–H and O–H groups in total. The van der Waals surface area contributed by atoms with E-state index in [0.717, 1.165) is 0 Å². The zero-order valence-corrected chi connectivity index (χ0v) is 13.0. The van der Waals surface area contributed by atoms with E-state index < -0.39 is 10.2 Å². The molecule has 0 saturated carbocycles. The second-order valence-electron chi connectivity index (χ2n) is 4.25. The molecule has 1 aromatic rings. The predicted octanol–water partition coefficient (Wildman–Crippen LogP) is 4.36. The van der Waals surface area contributed by atoms with Crippen molar-refractivity contribution in [2.45, 2.75) is 10.8 Å². The monoisotopic (exact) mass is 351 g/mol. The van der Waals surface area contributed by atoms with Crippen LogP contribution in [0.3, 0.4) is 0 Å². The van der Waals surface area contributed by atoms with E-state index in [4.69, 9.17) is 46.4 Å². The summed E-state index contributed by atoms with van der Waals surface area (Å²) in [7, 11) is 0. The standard InChI is InChI=1S/C13H9Cl4NO2/c14-7-1-2-10(11(19)4-7)12(20)18-9-3-8(15)5-13(16,17)6-9/h1-5,19H,6H2,(H,18,20). The smallest absolute Gasteiger partial charge is 0.259 e. The summed E-state index contributed by atoms with van der Waals surface area (Å²) >= 11 is 23.6. The summed E-state index contributed by atoms with van der Waals surface area (Å²) in [6, 6.07) is 4.21. The second kappa shape index (κ2) is 5.86. The van der Waals surface area contributed by atoms with Gasteiger partial charge in [0, 0.05) is 22.2 Å². The van der Waals surface area contributed by atoms with Gasteiger partial charge in [-0.25, -0.2) is 0 Å². The number of nitrogens with one attached hydrogen (secondary N) is 1. The third kappa shape index (κ3) is 3.83. The van der Waals surface area contributed by atoms with Crippen LogP contribution in [0.1, 0.15) is 16.8 Å². The second-order valence-corrected chi connectivity index (χ2v) is 6.67. The summed E-state index contributed by atoms with van der Waals surface area (Å²) in [5.74, 6) is -0.711. The molecular weight excluding hydrogens is 344 g/mol. The van der Waals surface area contributed by atoms with Crippen LogP contribution in [-0.2, 0) is 0 Å². The van der Waals surface area contributed by atoms with Gasteiger partial charge in [0.1, 0.15) is 10.1 Å². The summed E-state index contributed by atoms with van der Waals surface area (Å²) in [4.78, 5) is 12.1. The Morgan fingerprint density at radius 2 is 2.00 bits per heavy atom. The van der Waals surface area contributed by atoms with Crippen LogP contribution in [0.15, 0.2) is 41.1 Å². The molecule has 0 aliphatic heterocycles. The molecule has 0 bridgehead atoms. The fraction of sp³-hybridized carbons (Fsp3) is 0.154. The Morgan fingerprint density at radius 3 is 2.60 bits per heavy atom. The summed E-state index contributed by atoms with van der Waals surface area (Å²) in [6.07, 6.45) is 3.23. The molecule has 1 aliphatic rings. The maximum absolute atomic E-state index is 12.1. The van der Waals surface area contributed by atoms with Crippen LogP contribution in [0, 0.1) is 0 Å². The average molecular weight is 353 g/mol. The number of halogens is 4. The summed E-state index contributed by atoms with van der Waals surface area (Å²) in [5, 5.41) is 13.0. The molecule has 0 aromatic heterocycles. The molecule has 3 nitrogen and oxygen atoms in total. The summed E-state index contributed by atoms with van der Waals surface area (Å²) in [5.41, 5.74) is 0.553. The third-order valence-corrected chi connectivity index (χ3v) is 3.50. The molecule has 2 rings (SSSR count). The number of allylic oxidation sites excluding steroid dienone is 4. The molecule has 0 fully saturated rings. The van der Waals surface area contributed by atoms with Crippen LogP contribution in [0.2, 0.25) is 5.02 Å². The topological polar surface area (TPSA) is 49.3 Å². The lowest BCUT2D eigenvalue weighted by atomic mass is 10.1. The Labute approximate surface area is 135 Å². The van der Waals surface area contributed by atoms with Crippen molar-refractivity contribution in [2.24, 2.45) is 0 Å². The van der Waals surface area contributed by atoms with Crippen LogP contribution in [0.4, 0.5) is 0 Å². The van der Waals surface area contributed by atoms with Crippen molar-refractivity contribution in [1.82, 2.24) is 5.32 Å². The number of aromatic hydroxyl groups is 1. The molecule has 0 atom stereocenters. The normalized spacial score (nSPS) is 17.2. The molecule has 0 heterocycles. The molecule has 7 heteroatoms. The van der Waals surface area contributed by atoms with Gasteiger partial charge in [-0.3, -0.25) is 4.79 Å². The minimum Gasteiger partial charge on any atom is -0.507 e. The van der Waals surface area contributed by atoms with Crippen molar-refractivity contribution >= 4 is 52.3 Å². The van der Waals surface area contributed by atoms with Gasteiger partial charge in [-0.15, -0.1) is 0 Å². The molecule has 0 radical (unpaired) electrons. The highest BCUT2D eigenvalue weighted by Crippen LogP contribution is 2.36. The zero-order chi connectivity index (χ0) is 14.9. The first-order valence-electron chi connectivity index (χ1n) is 5.53. The molecule has 106 valence electrons. The third-order valence-electron chi connectivity index (χ3n) is 2.57. The van der Waals surface area contributed by atoms with Gasteiger partial charge in [0.15, 0.2) is 0 Å². The number of phenols is 1. The number of carbonyl (C=O) groups is 1. The molecule has 1 amide bonds. The number of hydrogen-bond donors (Lipinski definition) is 2. The number of hydrogen-bond acceptors (Lipinski definition) is 2. The zero-order valence-electron chi connectivity index (χ0n) is 9.96. The first kappa shape index (κ1) is 15.5. The van der Waals surface area contributed by atoms with Crippen molar-refractivity contribution in [2.75, 3.05) is 0 Å². The van der Waals surface area contributed by atoms with E-state index in [0.29, 0.717) is 15.8 Å². The van der Waals surface area contributed by atoms with Crippen molar-refractivity contribution in [3.63, 3.8) is 0 Å². The number of carbonyl (C=O) groups excluding carboxylic acids is 1. The van der Waals surface area contributed by atoms with Crippen LogP contribution in [0.5, 0.6) is 5.75 Å². The fourth-order valence-corrected chi connectivity index (χ4v) is 2.88. The van der Waals surface area contributed by atoms with E-state index in [1.807, 2.05) is 0 Å². The molecule has 1 aliphatic carbocycles. The van der Waals surface area contributed by atoms with Crippen molar-refractivity contribution < 1.29 is 9.90 Å². The highest BCUT2D eigenvalue weighted by molar-refractivity contribution is 6.51. The van der Waals surface area contributed by atoms with Crippen LogP contribution in [0.25, 0.3) is 0 Å². The van der Waals surface area contributed by atoms with Crippen LogP contribution < -0.4 is 5.32 Å². The predicted molar refractivity (Wildman–Crippen MR) is 81.7 cm³/mol. The number of alkyl halides is 2. The highest BCUT2D eigenvalue weighted by atomic mass is 35.5. The van der Waals surface area contributed by atoms with E-state index in [-0.39, 0.29) is 17.7 Å². The minimum absolute atomic E-state index is 0.0933. The lowest BCUT2D eigenvalue weighted by Gasteiger charge is -2.22. The highest BCUT2D eigenvalue weighted by Gasteiger charge is 2.28. The van der Waals surface area contributed by atoms with Crippen molar-refractivity contribution in [3.05, 3.63) is 51.7 Å². The molecule has 0 spiro atoms. The lowest BCUT2D eigenvalue weighted by molar-refractivity contribution is 0.0962. The number of amides is 1. The number of benzene rings is 1. The maximum Gasteiger partial charge on any atom is 0.259 e. The quantitative estimate of drug-likeness (QED) is 0.777. The van der Waals surface area contributed by atoms with E-state index in [2.05, 4.69) is 5.32 Å². The van der Waals surface area contributed by atoms with E-state index in [1.165, 1.54) is 24.3 Å². The lowest BCUT2D eigenvalue weighted by Crippen LogP contribution is -2.28. The first-order chi connectivity index (χ1) is 9.27. The average Bonchev–Trinajstić information content (AvgIpc) is 2.25. The fourth-order valence-electron chi connectivity index (χ4n) is 1.76. The van der Waals surface area contributed by atoms with Gasteiger partial charge < -0.3 is 10.4 Å². The molecule has 0 unspecified atom stereocenters. The van der Waals surface area contributed by atoms with Crippen LogP contribution in [-0.4, -0.2) is 15.3 Å².